The molecule has 2 aromatic carbocycles. The minimum atomic E-state index is -0.219. The SMILES string of the molecule is C/C=C/CC(=O)[C@H](C)N1C=CC=CC(c2ccc(-c3cncc4ccccc34)cc2)=C1. The van der Waals surface area contributed by atoms with Crippen molar-refractivity contribution in [2.24, 2.45) is 0 Å². The number of nitrogens with zero attached hydrogens (tertiary/aromatic N) is 2. The zero-order chi connectivity index (χ0) is 21.6. The molecule has 2 heterocycles. The molecule has 4 rings (SSSR count). The van der Waals surface area contributed by atoms with Gasteiger partial charge in [-0.1, -0.05) is 72.8 Å². The lowest BCUT2D eigenvalue weighted by Gasteiger charge is -2.23. The maximum atomic E-state index is 12.5. The van der Waals surface area contributed by atoms with Crippen molar-refractivity contribution in [2.45, 2.75) is 26.3 Å². The standard InChI is InChI=1S/C28H26N2O/c1-3-4-12-28(31)21(2)30-17-8-7-10-25(20-30)22-13-15-23(16-14-22)27-19-29-18-24-9-5-6-11-26(24)27/h3-11,13-21H,12H2,1-2H3/b4-3+/t21-/m0/s1. The van der Waals surface area contributed by atoms with Crippen LogP contribution < -0.4 is 0 Å². The molecule has 0 N–H and O–H groups in total. The van der Waals surface area contributed by atoms with E-state index >= 15 is 0 Å². The molecule has 0 radical (unpaired) electrons. The number of allylic oxidation sites excluding steroid dienone is 6. The number of benzene rings is 2. The second kappa shape index (κ2) is 9.40. The average Bonchev–Trinajstić information content (AvgIpc) is 3.08. The van der Waals surface area contributed by atoms with Gasteiger partial charge >= 0.3 is 0 Å². The van der Waals surface area contributed by atoms with Crippen molar-refractivity contribution in [3.8, 4) is 11.1 Å². The quantitative estimate of drug-likeness (QED) is 0.435. The minimum Gasteiger partial charge on any atom is -0.344 e. The molecular formula is C28H26N2O. The molecule has 0 spiro atoms. The van der Waals surface area contributed by atoms with Gasteiger partial charge in [-0.25, -0.2) is 0 Å². The van der Waals surface area contributed by atoms with Gasteiger partial charge in [0.25, 0.3) is 0 Å². The van der Waals surface area contributed by atoms with Gasteiger partial charge in [-0.05, 0) is 42.0 Å². The molecule has 0 saturated carbocycles. The third-order valence-electron chi connectivity index (χ3n) is 5.60. The summed E-state index contributed by atoms with van der Waals surface area (Å²) in [6.45, 7) is 3.88. The average molecular weight is 407 g/mol. The van der Waals surface area contributed by atoms with E-state index in [0.29, 0.717) is 6.42 Å². The second-order valence-corrected chi connectivity index (χ2v) is 7.63. The fourth-order valence-electron chi connectivity index (χ4n) is 3.73. The summed E-state index contributed by atoms with van der Waals surface area (Å²) in [7, 11) is 0. The molecule has 0 fully saturated rings. The summed E-state index contributed by atoms with van der Waals surface area (Å²) in [5.41, 5.74) is 4.44. The number of fused-ring (bicyclic) bond motifs is 1. The van der Waals surface area contributed by atoms with Gasteiger partial charge in [0.2, 0.25) is 0 Å². The molecular weight excluding hydrogens is 380 g/mol. The van der Waals surface area contributed by atoms with Crippen molar-refractivity contribution in [1.82, 2.24) is 9.88 Å². The number of carbonyl (C=O) groups is 1. The molecule has 3 heteroatoms. The minimum absolute atomic E-state index is 0.194. The normalized spacial score (nSPS) is 14.6. The topological polar surface area (TPSA) is 33.2 Å². The molecule has 3 nitrogen and oxygen atoms in total. The Labute approximate surface area is 183 Å². The maximum absolute atomic E-state index is 12.5. The maximum Gasteiger partial charge on any atom is 0.159 e. The van der Waals surface area contributed by atoms with Crippen molar-refractivity contribution in [2.75, 3.05) is 0 Å². The van der Waals surface area contributed by atoms with E-state index in [9.17, 15) is 4.79 Å². The van der Waals surface area contributed by atoms with Gasteiger partial charge < -0.3 is 4.90 Å². The molecule has 0 saturated heterocycles. The summed E-state index contributed by atoms with van der Waals surface area (Å²) in [5, 5.41) is 2.33. The highest BCUT2D eigenvalue weighted by Crippen LogP contribution is 2.29. The van der Waals surface area contributed by atoms with Crippen molar-refractivity contribution in [3.63, 3.8) is 0 Å². The largest absolute Gasteiger partial charge is 0.344 e. The van der Waals surface area contributed by atoms with E-state index in [2.05, 4.69) is 53.5 Å². The Hall–Kier alpha value is -3.72. The fourth-order valence-corrected chi connectivity index (χ4v) is 3.73. The zero-order valence-corrected chi connectivity index (χ0v) is 17.9. The van der Waals surface area contributed by atoms with E-state index in [1.54, 1.807) is 0 Å². The van der Waals surface area contributed by atoms with E-state index in [-0.39, 0.29) is 11.8 Å². The lowest BCUT2D eigenvalue weighted by molar-refractivity contribution is -0.121. The van der Waals surface area contributed by atoms with Crippen LogP contribution in [0.4, 0.5) is 0 Å². The van der Waals surface area contributed by atoms with Gasteiger partial charge in [-0.2, -0.15) is 0 Å². The van der Waals surface area contributed by atoms with Crippen LogP contribution in [0, 0.1) is 0 Å². The number of rotatable bonds is 6. The number of Topliss-reactive ketones (excluding diaryl/α,β-unsaturated/α-hetero) is 1. The van der Waals surface area contributed by atoms with Crippen molar-refractivity contribution in [3.05, 3.63) is 109 Å². The van der Waals surface area contributed by atoms with E-state index in [1.807, 2.05) is 73.9 Å². The number of carbonyl (C=O) groups excluding carboxylic acids is 1. The highest BCUT2D eigenvalue weighted by molar-refractivity contribution is 5.96. The third-order valence-corrected chi connectivity index (χ3v) is 5.60. The van der Waals surface area contributed by atoms with Gasteiger partial charge in [0.05, 0.1) is 6.04 Å². The summed E-state index contributed by atoms with van der Waals surface area (Å²) in [6, 6.07) is 16.6. The first-order valence-corrected chi connectivity index (χ1v) is 10.6. The fraction of sp³-hybridized carbons (Fsp3) is 0.143. The molecule has 154 valence electrons. The number of hydrogen-bond acceptors (Lipinski definition) is 3. The van der Waals surface area contributed by atoms with Crippen LogP contribution in [-0.4, -0.2) is 21.7 Å². The third kappa shape index (κ3) is 4.56. The summed E-state index contributed by atoms with van der Waals surface area (Å²) in [5.74, 6) is 0.194. The van der Waals surface area contributed by atoms with Crippen LogP contribution in [-0.2, 0) is 4.79 Å². The smallest absolute Gasteiger partial charge is 0.159 e. The molecule has 1 aliphatic rings. The van der Waals surface area contributed by atoms with Crippen molar-refractivity contribution in [1.29, 1.82) is 0 Å². The molecule has 0 amide bonds. The lowest BCUT2D eigenvalue weighted by atomic mass is 9.98. The zero-order valence-electron chi connectivity index (χ0n) is 17.9. The molecule has 0 unspecified atom stereocenters. The Bertz CT molecular complexity index is 1190. The Kier molecular flexibility index (Phi) is 6.23. The Morgan fingerprint density at radius 2 is 1.81 bits per heavy atom. The van der Waals surface area contributed by atoms with E-state index in [1.165, 1.54) is 5.39 Å². The molecule has 0 bridgehead atoms. The molecule has 1 atom stereocenters. The van der Waals surface area contributed by atoms with Crippen LogP contribution in [0.5, 0.6) is 0 Å². The first-order valence-electron chi connectivity index (χ1n) is 10.6. The van der Waals surface area contributed by atoms with Crippen molar-refractivity contribution >= 4 is 22.1 Å². The number of hydrogen-bond donors (Lipinski definition) is 0. The Balaban J connectivity index is 1.62. The molecule has 31 heavy (non-hydrogen) atoms. The van der Waals surface area contributed by atoms with Gasteiger partial charge in [0, 0.05) is 42.2 Å². The summed E-state index contributed by atoms with van der Waals surface area (Å²) in [4.78, 5) is 18.9. The van der Waals surface area contributed by atoms with Gasteiger partial charge in [0.1, 0.15) is 0 Å². The highest BCUT2D eigenvalue weighted by atomic mass is 16.1. The van der Waals surface area contributed by atoms with E-state index < -0.39 is 0 Å². The number of ketones is 1. The first kappa shape index (κ1) is 20.5. The summed E-state index contributed by atoms with van der Waals surface area (Å²) >= 11 is 0. The van der Waals surface area contributed by atoms with Gasteiger partial charge in [-0.15, -0.1) is 0 Å². The van der Waals surface area contributed by atoms with Crippen LogP contribution in [0.1, 0.15) is 25.8 Å². The van der Waals surface area contributed by atoms with Gasteiger partial charge in [0.15, 0.2) is 5.78 Å². The van der Waals surface area contributed by atoms with Crippen LogP contribution in [0.25, 0.3) is 27.5 Å². The summed E-state index contributed by atoms with van der Waals surface area (Å²) < 4.78 is 0. The van der Waals surface area contributed by atoms with E-state index in [0.717, 1.165) is 27.6 Å². The number of pyridine rings is 1. The molecule has 3 aromatic rings. The monoisotopic (exact) mass is 406 g/mol. The summed E-state index contributed by atoms with van der Waals surface area (Å²) in [6.07, 6.45) is 18.2. The van der Waals surface area contributed by atoms with Crippen LogP contribution >= 0.6 is 0 Å². The van der Waals surface area contributed by atoms with Crippen LogP contribution in [0.15, 0.2) is 104 Å². The lowest BCUT2D eigenvalue weighted by Crippen LogP contribution is -2.31. The van der Waals surface area contributed by atoms with Crippen molar-refractivity contribution < 1.29 is 4.79 Å². The van der Waals surface area contributed by atoms with Crippen LogP contribution in [0.3, 0.4) is 0 Å². The predicted molar refractivity (Wildman–Crippen MR) is 129 cm³/mol. The van der Waals surface area contributed by atoms with E-state index in [4.69, 9.17) is 0 Å². The van der Waals surface area contributed by atoms with Crippen LogP contribution in [0.2, 0.25) is 0 Å². The highest BCUT2D eigenvalue weighted by Gasteiger charge is 2.17. The van der Waals surface area contributed by atoms with Gasteiger partial charge in [-0.3, -0.25) is 9.78 Å². The molecule has 0 aliphatic carbocycles. The predicted octanol–water partition coefficient (Wildman–Crippen LogP) is 6.55. The number of aromatic nitrogens is 1. The Morgan fingerprint density at radius 3 is 2.61 bits per heavy atom. The Morgan fingerprint density at radius 1 is 1.03 bits per heavy atom. The molecule has 1 aromatic heterocycles. The molecule has 1 aliphatic heterocycles. The first-order chi connectivity index (χ1) is 15.2. The second-order valence-electron chi connectivity index (χ2n) is 7.63.